The molecular formula is C4H13NO9P2S+2. The molecule has 0 fully saturated rings. The van der Waals surface area contributed by atoms with Gasteiger partial charge in [0.25, 0.3) is 0 Å². The standard InChI is InChI=1S/C4H10NO5P2.H2O4S/c1-3(5)4(2)9-12(8)10-11(6)7;1-5(2,3)4/h3-4H,5H2,1-2H3;(H2,1,2,3,4)/q+1;/p+1. The van der Waals surface area contributed by atoms with Crippen LogP contribution in [0.15, 0.2) is 0 Å². The first-order valence-corrected chi connectivity index (χ1v) is 7.49. The van der Waals surface area contributed by atoms with Crippen molar-refractivity contribution in [1.29, 1.82) is 0 Å². The third-order valence-corrected chi connectivity index (χ3v) is 2.73. The van der Waals surface area contributed by atoms with Crippen LogP contribution < -0.4 is 5.73 Å². The van der Waals surface area contributed by atoms with E-state index in [1.54, 1.807) is 13.8 Å². The first kappa shape index (κ1) is 19.3. The SMILES string of the molecule is CC(N)C(C)O[P+](=O)O[P+](=O)O.O=S(=O)(O)O. The topological polar surface area (TPSA) is 173 Å². The minimum atomic E-state index is -4.67. The van der Waals surface area contributed by atoms with Crippen molar-refractivity contribution < 1.29 is 40.4 Å². The summed E-state index contributed by atoms with van der Waals surface area (Å²) in [4.78, 5) is 8.17. The van der Waals surface area contributed by atoms with E-state index in [0.717, 1.165) is 0 Å². The summed E-state index contributed by atoms with van der Waals surface area (Å²) in [5.74, 6) is 0. The molecule has 17 heavy (non-hydrogen) atoms. The van der Waals surface area contributed by atoms with Gasteiger partial charge in [-0.3, -0.25) is 9.11 Å². The summed E-state index contributed by atoms with van der Waals surface area (Å²) in [6, 6.07) is -0.316. The molecule has 5 N–H and O–H groups in total. The fourth-order valence-electron chi connectivity index (χ4n) is 0.308. The van der Waals surface area contributed by atoms with Crippen LogP contribution in [0.5, 0.6) is 0 Å². The van der Waals surface area contributed by atoms with Gasteiger partial charge in [0.15, 0.2) is 4.31 Å². The maximum absolute atomic E-state index is 10.7. The number of nitrogens with two attached hydrogens (primary N) is 1. The van der Waals surface area contributed by atoms with Crippen molar-refractivity contribution in [2.75, 3.05) is 0 Å². The zero-order valence-corrected chi connectivity index (χ0v) is 11.4. The van der Waals surface area contributed by atoms with E-state index < -0.39 is 33.0 Å². The van der Waals surface area contributed by atoms with Crippen LogP contribution >= 0.6 is 16.5 Å². The van der Waals surface area contributed by atoms with E-state index in [4.69, 9.17) is 28.2 Å². The van der Waals surface area contributed by atoms with Gasteiger partial charge in [-0.25, -0.2) is 0 Å². The third-order valence-electron chi connectivity index (χ3n) is 1.13. The van der Waals surface area contributed by atoms with Gasteiger partial charge in [-0.1, -0.05) is 0 Å². The van der Waals surface area contributed by atoms with Gasteiger partial charge in [0.1, 0.15) is 6.10 Å². The van der Waals surface area contributed by atoms with Crippen molar-refractivity contribution in [2.45, 2.75) is 26.0 Å². The molecule has 0 radical (unpaired) electrons. The van der Waals surface area contributed by atoms with Crippen LogP contribution in [0.3, 0.4) is 0 Å². The van der Waals surface area contributed by atoms with Crippen LogP contribution in [0.25, 0.3) is 0 Å². The van der Waals surface area contributed by atoms with Gasteiger partial charge in [0, 0.05) is 15.2 Å². The summed E-state index contributed by atoms with van der Waals surface area (Å²) in [6.45, 7) is 3.25. The summed E-state index contributed by atoms with van der Waals surface area (Å²) in [5, 5.41) is 0. The molecule has 0 aromatic carbocycles. The van der Waals surface area contributed by atoms with Crippen molar-refractivity contribution in [3.8, 4) is 0 Å². The average molecular weight is 313 g/mol. The van der Waals surface area contributed by atoms with Crippen molar-refractivity contribution in [2.24, 2.45) is 5.73 Å². The van der Waals surface area contributed by atoms with Gasteiger partial charge < -0.3 is 5.73 Å². The summed E-state index contributed by atoms with van der Waals surface area (Å²) < 4.78 is 60.9. The Bertz CT molecular complexity index is 346. The Hall–Kier alpha value is -0.0900. The van der Waals surface area contributed by atoms with E-state index >= 15 is 0 Å². The minimum absolute atomic E-state index is 0.316. The normalized spacial score (nSPS) is 16.4. The smallest absolute Gasteiger partial charge is 0.326 e. The number of rotatable bonds is 5. The van der Waals surface area contributed by atoms with Crippen LogP contribution in [0.1, 0.15) is 13.8 Å². The lowest BCUT2D eigenvalue weighted by atomic mass is 10.2. The van der Waals surface area contributed by atoms with Crippen LogP contribution in [0, 0.1) is 0 Å². The van der Waals surface area contributed by atoms with Crippen molar-refractivity contribution >= 4 is 26.9 Å². The lowest BCUT2D eigenvalue weighted by Gasteiger charge is -2.05. The summed E-state index contributed by atoms with van der Waals surface area (Å²) in [5.41, 5.74) is 5.37. The molecule has 0 heterocycles. The van der Waals surface area contributed by atoms with Crippen molar-refractivity contribution in [1.82, 2.24) is 0 Å². The molecule has 4 unspecified atom stereocenters. The number of hydrogen-bond donors (Lipinski definition) is 4. The third kappa shape index (κ3) is 21.7. The summed E-state index contributed by atoms with van der Waals surface area (Å²) >= 11 is 0. The van der Waals surface area contributed by atoms with Gasteiger partial charge >= 0.3 is 26.9 Å². The lowest BCUT2D eigenvalue weighted by molar-refractivity contribution is 0.185. The molecule has 0 rings (SSSR count). The van der Waals surface area contributed by atoms with E-state index in [1.165, 1.54) is 0 Å². The van der Waals surface area contributed by atoms with E-state index in [1.807, 2.05) is 0 Å². The zero-order valence-electron chi connectivity index (χ0n) is 8.83. The largest absolute Gasteiger partial charge is 0.748 e. The highest BCUT2D eigenvalue weighted by Gasteiger charge is 2.38. The molecule has 0 aromatic rings. The summed E-state index contributed by atoms with van der Waals surface area (Å²) in [7, 11) is -10.1. The molecule has 10 nitrogen and oxygen atoms in total. The van der Waals surface area contributed by atoms with Gasteiger partial charge in [0.2, 0.25) is 0 Å². The molecule has 0 saturated carbocycles. The highest BCUT2D eigenvalue weighted by molar-refractivity contribution is 7.79. The van der Waals surface area contributed by atoms with Crippen LogP contribution in [-0.2, 0) is 28.4 Å². The Balaban J connectivity index is 0. The molecule has 0 aliphatic carbocycles. The fourth-order valence-corrected chi connectivity index (χ4v) is 1.38. The minimum Gasteiger partial charge on any atom is -0.326 e. The van der Waals surface area contributed by atoms with Crippen molar-refractivity contribution in [3.63, 3.8) is 0 Å². The quantitative estimate of drug-likeness (QED) is 0.411. The van der Waals surface area contributed by atoms with Gasteiger partial charge in [-0.05, 0) is 13.8 Å². The second-order valence-corrected chi connectivity index (χ2v) is 5.34. The van der Waals surface area contributed by atoms with E-state index in [9.17, 15) is 9.13 Å². The predicted molar refractivity (Wildman–Crippen MR) is 56.9 cm³/mol. The second-order valence-electron chi connectivity index (χ2n) is 2.66. The van der Waals surface area contributed by atoms with E-state index in [-0.39, 0.29) is 6.04 Å². The Morgan fingerprint density at radius 2 is 1.59 bits per heavy atom. The first-order valence-electron chi connectivity index (χ1n) is 3.87. The predicted octanol–water partition coefficient (Wildman–Crippen LogP) is 0.410. The fraction of sp³-hybridized carbons (Fsp3) is 1.00. The highest BCUT2D eigenvalue weighted by atomic mass is 32.3. The first-order chi connectivity index (χ1) is 7.43. The van der Waals surface area contributed by atoms with Crippen molar-refractivity contribution in [3.05, 3.63) is 0 Å². The van der Waals surface area contributed by atoms with Crippen LogP contribution in [-0.4, -0.2) is 34.6 Å². The molecule has 0 aliphatic rings. The molecule has 0 aromatic heterocycles. The Labute approximate surface area is 99.6 Å². The summed E-state index contributed by atoms with van der Waals surface area (Å²) in [6.07, 6.45) is -0.483. The maximum Gasteiger partial charge on any atom is 0.748 e. The van der Waals surface area contributed by atoms with E-state index in [0.29, 0.717) is 0 Å². The van der Waals surface area contributed by atoms with E-state index in [2.05, 4.69) is 8.83 Å². The van der Waals surface area contributed by atoms with Gasteiger partial charge in [-0.15, -0.1) is 9.42 Å². The average Bonchev–Trinajstić information content (AvgIpc) is 1.97. The van der Waals surface area contributed by atoms with Gasteiger partial charge in [-0.2, -0.15) is 8.42 Å². The molecule has 4 atom stereocenters. The molecule has 0 bridgehead atoms. The molecule has 0 saturated heterocycles. The Morgan fingerprint density at radius 3 is 1.82 bits per heavy atom. The monoisotopic (exact) mass is 313 g/mol. The lowest BCUT2D eigenvalue weighted by Crippen LogP contribution is -2.29. The molecule has 0 spiro atoms. The zero-order chi connectivity index (χ0) is 14.2. The second kappa shape index (κ2) is 8.92. The Morgan fingerprint density at radius 1 is 1.24 bits per heavy atom. The molecule has 0 aliphatic heterocycles. The van der Waals surface area contributed by atoms with Crippen LogP contribution in [0.2, 0.25) is 0 Å². The number of hydrogen-bond acceptors (Lipinski definition) is 7. The Kier molecular flexibility index (Phi) is 10.1. The highest BCUT2D eigenvalue weighted by Crippen LogP contribution is 2.37. The molecule has 13 heteroatoms. The maximum atomic E-state index is 10.7. The molecule has 102 valence electrons. The van der Waals surface area contributed by atoms with Crippen LogP contribution in [0.4, 0.5) is 0 Å². The van der Waals surface area contributed by atoms with Gasteiger partial charge in [0.05, 0.1) is 0 Å². The molecule has 0 amide bonds. The molecular weight excluding hydrogens is 300 g/mol.